The van der Waals surface area contributed by atoms with Gasteiger partial charge < -0.3 is 16.0 Å². The number of aromatic amines is 1. The molecular formula is C17H28N6O2. The summed E-state index contributed by atoms with van der Waals surface area (Å²) in [5.41, 5.74) is 8.58. The summed E-state index contributed by atoms with van der Waals surface area (Å²) in [6, 6.07) is -0.457. The summed E-state index contributed by atoms with van der Waals surface area (Å²) >= 11 is 0. The van der Waals surface area contributed by atoms with Crippen molar-refractivity contribution in [3.63, 3.8) is 0 Å². The fraction of sp³-hybridized carbons (Fsp3) is 0.706. The number of likely N-dealkylation sites (N-methyl/N-ethyl adjacent to an activating group) is 1. The quantitative estimate of drug-likeness (QED) is 0.690. The number of nitrogens with two attached hydrogens (primary N) is 1. The minimum absolute atomic E-state index is 0.00314. The van der Waals surface area contributed by atoms with E-state index in [0.29, 0.717) is 11.8 Å². The number of amides is 3. The monoisotopic (exact) mass is 348 g/mol. The van der Waals surface area contributed by atoms with Crippen LogP contribution in [0.1, 0.15) is 29.8 Å². The Morgan fingerprint density at radius 2 is 2.08 bits per heavy atom. The maximum absolute atomic E-state index is 12.2. The van der Waals surface area contributed by atoms with Crippen LogP contribution in [-0.4, -0.2) is 64.7 Å². The normalized spacial score (nSPS) is 23.6. The van der Waals surface area contributed by atoms with Crippen molar-refractivity contribution in [2.45, 2.75) is 39.3 Å². The maximum Gasteiger partial charge on any atom is 0.314 e. The zero-order chi connectivity index (χ0) is 18.1. The van der Waals surface area contributed by atoms with Crippen LogP contribution in [0, 0.1) is 25.7 Å². The van der Waals surface area contributed by atoms with Gasteiger partial charge in [0.15, 0.2) is 0 Å². The van der Waals surface area contributed by atoms with Gasteiger partial charge in [-0.05, 0) is 38.5 Å². The molecule has 1 aliphatic heterocycles. The first-order valence-electron chi connectivity index (χ1n) is 8.88. The molecule has 2 atom stereocenters. The van der Waals surface area contributed by atoms with Crippen molar-refractivity contribution in [2.75, 3.05) is 26.7 Å². The third kappa shape index (κ3) is 4.12. The Balaban J connectivity index is 1.61. The highest BCUT2D eigenvalue weighted by Gasteiger charge is 2.43. The van der Waals surface area contributed by atoms with E-state index >= 15 is 0 Å². The van der Waals surface area contributed by atoms with Gasteiger partial charge in [-0.15, -0.1) is 0 Å². The van der Waals surface area contributed by atoms with Crippen LogP contribution < -0.4 is 11.1 Å². The summed E-state index contributed by atoms with van der Waals surface area (Å²) in [6.07, 6.45) is 2.49. The second-order valence-electron chi connectivity index (χ2n) is 7.48. The van der Waals surface area contributed by atoms with Gasteiger partial charge in [0.2, 0.25) is 5.91 Å². The number of nitrogens with one attached hydrogen (secondary N) is 2. The molecule has 1 saturated heterocycles. The van der Waals surface area contributed by atoms with E-state index in [2.05, 4.69) is 20.4 Å². The lowest BCUT2D eigenvalue weighted by Crippen LogP contribution is -2.47. The van der Waals surface area contributed by atoms with Crippen molar-refractivity contribution in [1.29, 1.82) is 0 Å². The molecule has 2 aliphatic rings. The van der Waals surface area contributed by atoms with Crippen LogP contribution in [0.25, 0.3) is 0 Å². The molecule has 1 aromatic rings. The van der Waals surface area contributed by atoms with E-state index < -0.39 is 6.03 Å². The standard InChI is InChI=1S/C17H28N6O2/c1-10-13(11(2)21-20-10)6-23-7-14(12-4-5-12)15(8-23)19-16(24)9-22(3)17(18)25/h12,14-15H,4-9H2,1-3H3,(H2,18,25)(H,19,24)(H,20,21)/t14-,15+/m0/s1. The summed E-state index contributed by atoms with van der Waals surface area (Å²) < 4.78 is 0. The van der Waals surface area contributed by atoms with Crippen molar-refractivity contribution in [1.82, 2.24) is 25.3 Å². The number of hydrogen-bond donors (Lipinski definition) is 3. The van der Waals surface area contributed by atoms with Gasteiger partial charge in [-0.25, -0.2) is 4.79 Å². The molecule has 0 bridgehead atoms. The topological polar surface area (TPSA) is 107 Å². The van der Waals surface area contributed by atoms with Crippen LogP contribution in [0.3, 0.4) is 0 Å². The van der Waals surface area contributed by atoms with E-state index in [0.717, 1.165) is 31.0 Å². The maximum atomic E-state index is 12.2. The molecule has 8 nitrogen and oxygen atoms in total. The van der Waals surface area contributed by atoms with Crippen molar-refractivity contribution in [2.24, 2.45) is 17.6 Å². The van der Waals surface area contributed by atoms with Gasteiger partial charge in [0, 0.05) is 44.0 Å². The fourth-order valence-electron chi connectivity index (χ4n) is 3.77. The van der Waals surface area contributed by atoms with E-state index in [1.807, 2.05) is 13.8 Å². The number of likely N-dealkylation sites (tertiary alicyclic amines) is 1. The lowest BCUT2D eigenvalue weighted by molar-refractivity contribution is -0.122. The average Bonchev–Trinajstić information content (AvgIpc) is 3.25. The van der Waals surface area contributed by atoms with Crippen molar-refractivity contribution in [3.05, 3.63) is 17.0 Å². The zero-order valence-corrected chi connectivity index (χ0v) is 15.2. The van der Waals surface area contributed by atoms with Gasteiger partial charge >= 0.3 is 6.03 Å². The number of carbonyl (C=O) groups excluding carboxylic acids is 2. The van der Waals surface area contributed by atoms with E-state index in [4.69, 9.17) is 5.73 Å². The third-order valence-corrected chi connectivity index (χ3v) is 5.43. The van der Waals surface area contributed by atoms with E-state index in [1.165, 1.54) is 30.4 Å². The molecule has 2 heterocycles. The van der Waals surface area contributed by atoms with Crippen LogP contribution in [-0.2, 0) is 11.3 Å². The molecule has 138 valence electrons. The Labute approximate surface area is 148 Å². The number of rotatable bonds is 6. The highest BCUT2D eigenvalue weighted by atomic mass is 16.2. The van der Waals surface area contributed by atoms with Crippen LogP contribution in [0.2, 0.25) is 0 Å². The predicted molar refractivity (Wildman–Crippen MR) is 93.7 cm³/mol. The second kappa shape index (κ2) is 7.03. The summed E-state index contributed by atoms with van der Waals surface area (Å²) in [5.74, 6) is 1.04. The molecule has 8 heteroatoms. The smallest absolute Gasteiger partial charge is 0.314 e. The van der Waals surface area contributed by atoms with Gasteiger partial charge in [-0.1, -0.05) is 0 Å². The van der Waals surface area contributed by atoms with Crippen LogP contribution in [0.5, 0.6) is 0 Å². The Hall–Kier alpha value is -2.09. The number of nitrogens with zero attached hydrogens (tertiary/aromatic N) is 3. The Bertz CT molecular complexity index is 634. The molecule has 1 aliphatic carbocycles. The lowest BCUT2D eigenvalue weighted by Gasteiger charge is -2.21. The molecule has 25 heavy (non-hydrogen) atoms. The average molecular weight is 348 g/mol. The van der Waals surface area contributed by atoms with Gasteiger partial charge in [-0.2, -0.15) is 5.10 Å². The summed E-state index contributed by atoms with van der Waals surface area (Å²) in [6.45, 7) is 6.74. The molecule has 0 unspecified atom stereocenters. The molecule has 2 fully saturated rings. The van der Waals surface area contributed by atoms with Gasteiger partial charge in [0.25, 0.3) is 0 Å². The SMILES string of the molecule is Cc1n[nH]c(C)c1CN1C[C@@H](NC(=O)CN(C)C(N)=O)[C@H](C2CC2)C1. The van der Waals surface area contributed by atoms with Crippen molar-refractivity contribution < 1.29 is 9.59 Å². The number of aryl methyl sites for hydroxylation is 2. The number of primary amides is 1. The van der Waals surface area contributed by atoms with Crippen molar-refractivity contribution >= 4 is 11.9 Å². The molecule has 3 amide bonds. The number of urea groups is 1. The van der Waals surface area contributed by atoms with Gasteiger partial charge in [-0.3, -0.25) is 14.8 Å². The van der Waals surface area contributed by atoms with Crippen LogP contribution >= 0.6 is 0 Å². The summed E-state index contributed by atoms with van der Waals surface area (Å²) in [4.78, 5) is 27.0. The Morgan fingerprint density at radius 1 is 1.36 bits per heavy atom. The van der Waals surface area contributed by atoms with Gasteiger partial charge in [0.1, 0.15) is 6.54 Å². The first-order valence-corrected chi connectivity index (χ1v) is 8.88. The molecule has 1 saturated carbocycles. The first-order chi connectivity index (χ1) is 11.8. The number of hydrogen-bond acceptors (Lipinski definition) is 4. The van der Waals surface area contributed by atoms with Gasteiger partial charge in [0.05, 0.1) is 5.69 Å². The Morgan fingerprint density at radius 3 is 2.64 bits per heavy atom. The minimum Gasteiger partial charge on any atom is -0.351 e. The van der Waals surface area contributed by atoms with Crippen molar-refractivity contribution in [3.8, 4) is 0 Å². The molecule has 0 spiro atoms. The second-order valence-corrected chi connectivity index (χ2v) is 7.48. The highest BCUT2D eigenvalue weighted by Crippen LogP contribution is 2.41. The van der Waals surface area contributed by atoms with Crippen LogP contribution in [0.15, 0.2) is 0 Å². The number of carbonyl (C=O) groups is 2. The summed E-state index contributed by atoms with van der Waals surface area (Å²) in [5, 5.41) is 10.4. The molecule has 3 rings (SSSR count). The molecule has 4 N–H and O–H groups in total. The lowest BCUT2D eigenvalue weighted by atomic mass is 9.98. The van der Waals surface area contributed by atoms with E-state index in [-0.39, 0.29) is 18.5 Å². The summed E-state index contributed by atoms with van der Waals surface area (Å²) in [7, 11) is 1.53. The predicted octanol–water partition coefficient (Wildman–Crippen LogP) is 0.364. The molecular weight excluding hydrogens is 320 g/mol. The van der Waals surface area contributed by atoms with E-state index in [1.54, 1.807) is 0 Å². The molecule has 0 aromatic carbocycles. The Kier molecular flexibility index (Phi) is 4.99. The first kappa shape index (κ1) is 17.7. The largest absolute Gasteiger partial charge is 0.351 e. The minimum atomic E-state index is -0.590. The number of H-pyrrole nitrogens is 1. The van der Waals surface area contributed by atoms with Crippen LogP contribution in [0.4, 0.5) is 4.79 Å². The molecule has 1 aromatic heterocycles. The zero-order valence-electron chi connectivity index (χ0n) is 15.2. The molecule has 0 radical (unpaired) electrons. The van der Waals surface area contributed by atoms with E-state index in [9.17, 15) is 9.59 Å². The third-order valence-electron chi connectivity index (χ3n) is 5.43. The fourth-order valence-corrected chi connectivity index (χ4v) is 3.77. The highest BCUT2D eigenvalue weighted by molar-refractivity contribution is 5.83. The number of aromatic nitrogens is 2.